The Morgan fingerprint density at radius 2 is 2.28 bits per heavy atom. The summed E-state index contributed by atoms with van der Waals surface area (Å²) in [6.45, 7) is 1.60. The van der Waals surface area contributed by atoms with Gasteiger partial charge in [0.15, 0.2) is 0 Å². The standard InChI is InChI=1S/C9H11BrClNO4S2/c1-5(9(13)14)2-3-12-18(15,16)7-4-6(11)8(10)17-7/h4-5,12H,2-3H2,1H3,(H,13,14). The maximum Gasteiger partial charge on any atom is 0.306 e. The summed E-state index contributed by atoms with van der Waals surface area (Å²) in [5.41, 5.74) is 0. The number of hydrogen-bond donors (Lipinski definition) is 2. The van der Waals surface area contributed by atoms with Crippen LogP contribution in [-0.4, -0.2) is 26.0 Å². The maximum atomic E-state index is 11.8. The van der Waals surface area contributed by atoms with Gasteiger partial charge < -0.3 is 5.11 Å². The maximum absolute atomic E-state index is 11.8. The molecule has 0 aliphatic carbocycles. The van der Waals surface area contributed by atoms with E-state index < -0.39 is 21.9 Å². The molecule has 0 aromatic carbocycles. The average Bonchev–Trinajstić information content (AvgIpc) is 2.59. The van der Waals surface area contributed by atoms with Crippen LogP contribution in [0.25, 0.3) is 0 Å². The van der Waals surface area contributed by atoms with E-state index >= 15 is 0 Å². The van der Waals surface area contributed by atoms with E-state index in [1.54, 1.807) is 0 Å². The Labute approximate surface area is 122 Å². The SMILES string of the molecule is CC(CCNS(=O)(=O)c1cc(Cl)c(Br)s1)C(=O)O. The number of carboxylic acid groups (broad SMARTS) is 1. The fraction of sp³-hybridized carbons (Fsp3) is 0.444. The zero-order valence-electron chi connectivity index (χ0n) is 9.31. The van der Waals surface area contributed by atoms with Crippen molar-refractivity contribution in [2.45, 2.75) is 17.6 Å². The smallest absolute Gasteiger partial charge is 0.306 e. The summed E-state index contributed by atoms with van der Waals surface area (Å²) < 4.78 is 26.6. The van der Waals surface area contributed by atoms with Crippen LogP contribution in [0.4, 0.5) is 0 Å². The number of thiophene rings is 1. The summed E-state index contributed by atoms with van der Waals surface area (Å²) in [5, 5.41) is 9.00. The molecule has 1 atom stereocenters. The van der Waals surface area contributed by atoms with E-state index in [-0.39, 0.29) is 17.2 Å². The lowest BCUT2D eigenvalue weighted by molar-refractivity contribution is -0.141. The van der Waals surface area contributed by atoms with Crippen molar-refractivity contribution in [2.75, 3.05) is 6.54 Å². The van der Waals surface area contributed by atoms with Crippen LogP contribution in [0.2, 0.25) is 5.02 Å². The minimum Gasteiger partial charge on any atom is -0.481 e. The van der Waals surface area contributed by atoms with Crippen LogP contribution in [0.15, 0.2) is 14.1 Å². The van der Waals surface area contributed by atoms with Gasteiger partial charge in [0.1, 0.15) is 4.21 Å². The quantitative estimate of drug-likeness (QED) is 0.799. The van der Waals surface area contributed by atoms with Gasteiger partial charge in [-0.3, -0.25) is 4.79 Å². The van der Waals surface area contributed by atoms with Crippen LogP contribution in [0.5, 0.6) is 0 Å². The molecule has 102 valence electrons. The second-order valence-corrected chi connectivity index (χ2v) is 8.38. The van der Waals surface area contributed by atoms with E-state index in [1.165, 1.54) is 13.0 Å². The van der Waals surface area contributed by atoms with E-state index in [2.05, 4.69) is 20.7 Å². The molecule has 18 heavy (non-hydrogen) atoms. The Morgan fingerprint density at radius 1 is 1.67 bits per heavy atom. The van der Waals surface area contributed by atoms with Crippen molar-refractivity contribution in [1.82, 2.24) is 4.72 Å². The second kappa shape index (κ2) is 6.33. The Hall–Kier alpha value is -0.150. The van der Waals surface area contributed by atoms with Gasteiger partial charge in [0.25, 0.3) is 0 Å². The van der Waals surface area contributed by atoms with E-state index in [0.717, 1.165) is 11.3 Å². The number of carboxylic acids is 1. The first-order valence-electron chi connectivity index (χ1n) is 4.91. The zero-order valence-corrected chi connectivity index (χ0v) is 13.3. The summed E-state index contributed by atoms with van der Waals surface area (Å²) in [4.78, 5) is 10.6. The molecule has 1 heterocycles. The lowest BCUT2D eigenvalue weighted by Gasteiger charge is -2.07. The topological polar surface area (TPSA) is 83.5 Å². The van der Waals surface area contributed by atoms with Crippen molar-refractivity contribution in [1.29, 1.82) is 0 Å². The fourth-order valence-electron chi connectivity index (χ4n) is 1.06. The highest BCUT2D eigenvalue weighted by molar-refractivity contribution is 9.11. The normalized spacial score (nSPS) is 13.5. The predicted octanol–water partition coefficient (Wildman–Crippen LogP) is 2.55. The molecule has 0 saturated carbocycles. The monoisotopic (exact) mass is 375 g/mol. The molecule has 1 rings (SSSR count). The number of sulfonamides is 1. The van der Waals surface area contributed by atoms with Gasteiger partial charge in [-0.1, -0.05) is 18.5 Å². The van der Waals surface area contributed by atoms with E-state index in [0.29, 0.717) is 8.81 Å². The van der Waals surface area contributed by atoms with Crippen LogP contribution >= 0.6 is 38.9 Å². The fourth-order valence-corrected chi connectivity index (χ4v) is 4.55. The lowest BCUT2D eigenvalue weighted by Crippen LogP contribution is -2.26. The predicted molar refractivity (Wildman–Crippen MR) is 73.6 cm³/mol. The number of carbonyl (C=O) groups is 1. The van der Waals surface area contributed by atoms with Gasteiger partial charge in [0, 0.05) is 6.54 Å². The van der Waals surface area contributed by atoms with Gasteiger partial charge in [0.2, 0.25) is 10.0 Å². The Kier molecular flexibility index (Phi) is 5.60. The minimum atomic E-state index is -3.62. The van der Waals surface area contributed by atoms with Crippen molar-refractivity contribution in [3.05, 3.63) is 14.9 Å². The van der Waals surface area contributed by atoms with E-state index in [1.807, 2.05) is 0 Å². The molecule has 0 fully saturated rings. The number of rotatable bonds is 6. The summed E-state index contributed by atoms with van der Waals surface area (Å²) >= 11 is 9.90. The van der Waals surface area contributed by atoms with Crippen LogP contribution < -0.4 is 4.72 Å². The Balaban J connectivity index is 2.63. The van der Waals surface area contributed by atoms with E-state index in [4.69, 9.17) is 16.7 Å². The lowest BCUT2D eigenvalue weighted by atomic mass is 10.1. The third-order valence-electron chi connectivity index (χ3n) is 2.18. The van der Waals surface area contributed by atoms with Gasteiger partial charge in [-0.25, -0.2) is 13.1 Å². The van der Waals surface area contributed by atoms with Crippen molar-refractivity contribution >= 4 is 54.9 Å². The summed E-state index contributed by atoms with van der Waals surface area (Å²) in [6.07, 6.45) is 0.231. The first-order chi connectivity index (χ1) is 8.24. The van der Waals surface area contributed by atoms with Crippen LogP contribution in [0.3, 0.4) is 0 Å². The summed E-state index contributed by atoms with van der Waals surface area (Å²) in [6, 6.07) is 1.35. The molecule has 5 nitrogen and oxygen atoms in total. The first kappa shape index (κ1) is 15.9. The molecule has 2 N–H and O–H groups in total. The molecule has 0 saturated heterocycles. The van der Waals surface area contributed by atoms with Crippen molar-refractivity contribution in [3.8, 4) is 0 Å². The van der Waals surface area contributed by atoms with Crippen LogP contribution in [-0.2, 0) is 14.8 Å². The van der Waals surface area contributed by atoms with Crippen LogP contribution in [0, 0.1) is 5.92 Å². The molecule has 0 radical (unpaired) electrons. The minimum absolute atomic E-state index is 0.0724. The molecule has 0 amide bonds. The third-order valence-corrected chi connectivity index (χ3v) is 6.59. The molecule has 0 aliphatic heterocycles. The van der Waals surface area contributed by atoms with Crippen LogP contribution in [0.1, 0.15) is 13.3 Å². The summed E-state index contributed by atoms with van der Waals surface area (Å²) in [7, 11) is -3.62. The van der Waals surface area contributed by atoms with Gasteiger partial charge in [-0.05, 0) is 28.4 Å². The summed E-state index contributed by atoms with van der Waals surface area (Å²) in [5.74, 6) is -1.54. The average molecular weight is 377 g/mol. The molecule has 0 aliphatic rings. The third kappa shape index (κ3) is 4.20. The molecule has 0 bridgehead atoms. The largest absolute Gasteiger partial charge is 0.481 e. The van der Waals surface area contributed by atoms with Crippen molar-refractivity contribution in [2.24, 2.45) is 5.92 Å². The highest BCUT2D eigenvalue weighted by atomic mass is 79.9. The Bertz CT molecular complexity index is 523. The molecule has 0 spiro atoms. The van der Waals surface area contributed by atoms with Gasteiger partial charge in [-0.2, -0.15) is 0 Å². The molecular weight excluding hydrogens is 366 g/mol. The van der Waals surface area contributed by atoms with Gasteiger partial charge in [0.05, 0.1) is 14.7 Å². The second-order valence-electron chi connectivity index (χ2n) is 3.61. The highest BCUT2D eigenvalue weighted by Gasteiger charge is 2.19. The Morgan fingerprint density at radius 3 is 2.72 bits per heavy atom. The van der Waals surface area contributed by atoms with Gasteiger partial charge >= 0.3 is 5.97 Å². The first-order valence-corrected chi connectivity index (χ1v) is 8.38. The molecular formula is C9H11BrClNO4S2. The number of aliphatic carboxylic acids is 1. The van der Waals surface area contributed by atoms with Crippen molar-refractivity contribution in [3.63, 3.8) is 0 Å². The zero-order chi connectivity index (χ0) is 13.9. The molecule has 1 unspecified atom stereocenters. The number of nitrogens with one attached hydrogen (secondary N) is 1. The van der Waals surface area contributed by atoms with Crippen molar-refractivity contribution < 1.29 is 18.3 Å². The van der Waals surface area contributed by atoms with Gasteiger partial charge in [-0.15, -0.1) is 11.3 Å². The number of hydrogen-bond acceptors (Lipinski definition) is 4. The molecule has 1 aromatic heterocycles. The molecule has 9 heteroatoms. The number of halogens is 2. The highest BCUT2D eigenvalue weighted by Crippen LogP contribution is 2.34. The van der Waals surface area contributed by atoms with E-state index in [9.17, 15) is 13.2 Å². The molecule has 1 aromatic rings.